The highest BCUT2D eigenvalue weighted by molar-refractivity contribution is 6.81. The summed E-state index contributed by atoms with van der Waals surface area (Å²) in [6.07, 6.45) is 24.6. The van der Waals surface area contributed by atoms with E-state index in [1.54, 1.807) is 51.4 Å². The largest absolute Gasteiger partial charge is 0.0984 e. The van der Waals surface area contributed by atoms with Crippen molar-refractivity contribution in [1.29, 1.82) is 0 Å². The molecule has 4 unspecified atom stereocenters. The maximum atomic E-state index is 2.84. The fourth-order valence-electron chi connectivity index (χ4n) is 11.2. The van der Waals surface area contributed by atoms with Gasteiger partial charge in [0.2, 0.25) is 0 Å². The van der Waals surface area contributed by atoms with Crippen LogP contribution in [0.4, 0.5) is 0 Å². The van der Waals surface area contributed by atoms with Crippen LogP contribution in [0.5, 0.6) is 0 Å². The van der Waals surface area contributed by atoms with E-state index >= 15 is 0 Å². The molecule has 0 saturated heterocycles. The molecular formula is C30H50Si2. The molecule has 4 atom stereocenters. The molecule has 178 valence electrons. The van der Waals surface area contributed by atoms with E-state index in [4.69, 9.17) is 0 Å². The molecule has 0 nitrogen and oxygen atoms in total. The molecule has 0 radical (unpaired) electrons. The summed E-state index contributed by atoms with van der Waals surface area (Å²) in [6.45, 7) is 15.2. The van der Waals surface area contributed by atoms with Gasteiger partial charge in [0, 0.05) is 0 Å². The second kappa shape index (κ2) is 6.77. The van der Waals surface area contributed by atoms with Crippen LogP contribution in [0, 0.1) is 45.3 Å². The Morgan fingerprint density at radius 2 is 0.812 bits per heavy atom. The molecule has 0 N–H and O–H groups in total. The van der Waals surface area contributed by atoms with E-state index < -0.39 is 16.1 Å². The molecule has 0 aromatic rings. The smallest absolute Gasteiger partial charge is 0.0683 e. The predicted octanol–water partition coefficient (Wildman–Crippen LogP) is 9.03. The molecule has 0 aliphatic heterocycles. The average Bonchev–Trinajstić information content (AvgIpc) is 2.62. The summed E-state index contributed by atoms with van der Waals surface area (Å²) >= 11 is 0. The second-order valence-corrected chi connectivity index (χ2v) is 26.7. The van der Waals surface area contributed by atoms with Crippen molar-refractivity contribution < 1.29 is 0 Å². The Morgan fingerprint density at radius 1 is 0.500 bits per heavy atom. The Morgan fingerprint density at radius 3 is 1.09 bits per heavy atom. The van der Waals surface area contributed by atoms with E-state index in [-0.39, 0.29) is 0 Å². The summed E-state index contributed by atoms with van der Waals surface area (Å²) in [5, 5.41) is 0. The van der Waals surface area contributed by atoms with Gasteiger partial charge in [-0.25, -0.2) is 0 Å². The highest BCUT2D eigenvalue weighted by atomic mass is 28.3. The summed E-state index contributed by atoms with van der Waals surface area (Å²) in [7, 11) is -2.26. The number of hydrogen-bond acceptors (Lipinski definition) is 0. The third-order valence-corrected chi connectivity index (χ3v) is 13.5. The van der Waals surface area contributed by atoms with Gasteiger partial charge in [-0.1, -0.05) is 62.8 Å². The van der Waals surface area contributed by atoms with Crippen molar-refractivity contribution >= 4 is 16.1 Å². The van der Waals surface area contributed by atoms with Gasteiger partial charge in [0.05, 0.1) is 16.1 Å². The van der Waals surface area contributed by atoms with Crippen LogP contribution in [-0.2, 0) is 0 Å². The topological polar surface area (TPSA) is 0 Å². The standard InChI is InChI=1S/C30H50Si2/c1-31(2,3)9-7-27-13-23-11-24(14-27)18-29(17-23,21-27)30-19-25-12-26(20-30)16-28(15-25,22-30)8-10-32(4,5)6/h7-10,23-26H,11-22H2,1-6H3. The van der Waals surface area contributed by atoms with Crippen LogP contribution in [0.3, 0.4) is 0 Å². The maximum absolute atomic E-state index is 2.84. The van der Waals surface area contributed by atoms with Crippen LogP contribution in [0.2, 0.25) is 39.3 Å². The van der Waals surface area contributed by atoms with Gasteiger partial charge in [0.1, 0.15) is 0 Å². The first kappa shape index (κ1) is 22.4. The number of hydrogen-bond donors (Lipinski definition) is 0. The van der Waals surface area contributed by atoms with E-state index in [0.29, 0.717) is 21.7 Å². The molecular weight excluding hydrogens is 417 g/mol. The molecule has 8 bridgehead atoms. The minimum absolute atomic E-state index is 0.578. The Kier molecular flexibility index (Phi) is 4.74. The van der Waals surface area contributed by atoms with Crippen molar-refractivity contribution in [2.75, 3.05) is 0 Å². The molecule has 8 fully saturated rings. The van der Waals surface area contributed by atoms with Crippen molar-refractivity contribution in [3.8, 4) is 0 Å². The Hall–Kier alpha value is -0.0862. The monoisotopic (exact) mass is 466 g/mol. The van der Waals surface area contributed by atoms with Crippen molar-refractivity contribution in [3.63, 3.8) is 0 Å². The predicted molar refractivity (Wildman–Crippen MR) is 144 cm³/mol. The van der Waals surface area contributed by atoms with Crippen molar-refractivity contribution in [1.82, 2.24) is 0 Å². The van der Waals surface area contributed by atoms with Crippen molar-refractivity contribution in [2.24, 2.45) is 45.3 Å². The zero-order chi connectivity index (χ0) is 22.6. The third-order valence-electron chi connectivity index (χ3n) is 11.2. The van der Waals surface area contributed by atoms with Crippen molar-refractivity contribution in [2.45, 2.75) is 116 Å². The summed E-state index contributed by atoms with van der Waals surface area (Å²) < 4.78 is 0. The first-order chi connectivity index (χ1) is 14.8. The fraction of sp³-hybridized carbons (Fsp3) is 0.867. The molecule has 8 rings (SSSR count). The zero-order valence-corrected chi connectivity index (χ0v) is 24.1. The van der Waals surface area contributed by atoms with Crippen molar-refractivity contribution in [3.05, 3.63) is 23.6 Å². The van der Waals surface area contributed by atoms with Crippen LogP contribution in [0.25, 0.3) is 0 Å². The molecule has 32 heavy (non-hydrogen) atoms. The van der Waals surface area contributed by atoms with E-state index in [1.165, 1.54) is 25.7 Å². The Balaban J connectivity index is 1.37. The summed E-state index contributed by atoms with van der Waals surface area (Å²) in [5.41, 5.74) is 8.02. The lowest BCUT2D eigenvalue weighted by molar-refractivity contribution is -0.223. The lowest BCUT2D eigenvalue weighted by Gasteiger charge is -2.73. The van der Waals surface area contributed by atoms with Crippen LogP contribution in [0.15, 0.2) is 23.6 Å². The van der Waals surface area contributed by atoms with Gasteiger partial charge < -0.3 is 0 Å². The van der Waals surface area contributed by atoms with Gasteiger partial charge in [-0.3, -0.25) is 0 Å². The average molecular weight is 467 g/mol. The second-order valence-electron chi connectivity index (χ2n) is 16.6. The highest BCUT2D eigenvalue weighted by Gasteiger charge is 2.69. The van der Waals surface area contributed by atoms with Gasteiger partial charge in [-0.2, -0.15) is 0 Å². The Labute approximate surface area is 201 Å². The van der Waals surface area contributed by atoms with E-state index in [2.05, 4.69) is 62.8 Å². The lowest BCUT2D eigenvalue weighted by Crippen LogP contribution is -2.64. The summed E-state index contributed by atoms with van der Waals surface area (Å²) in [5.74, 6) is 4.18. The zero-order valence-electron chi connectivity index (χ0n) is 22.1. The summed E-state index contributed by atoms with van der Waals surface area (Å²) in [6, 6.07) is 0. The molecule has 0 spiro atoms. The molecule has 0 heterocycles. The van der Waals surface area contributed by atoms with Gasteiger partial charge in [0.15, 0.2) is 0 Å². The fourth-order valence-corrected chi connectivity index (χ4v) is 12.9. The maximum Gasteiger partial charge on any atom is 0.0683 e. The molecule has 2 heteroatoms. The van der Waals surface area contributed by atoms with Crippen LogP contribution >= 0.6 is 0 Å². The minimum Gasteiger partial charge on any atom is -0.0984 e. The van der Waals surface area contributed by atoms with E-state index in [1.807, 2.05) is 0 Å². The molecule has 8 aliphatic rings. The first-order valence-electron chi connectivity index (χ1n) is 14.2. The summed E-state index contributed by atoms with van der Waals surface area (Å²) in [4.78, 5) is 0. The highest BCUT2D eigenvalue weighted by Crippen LogP contribution is 2.79. The van der Waals surface area contributed by atoms with Crippen LogP contribution in [-0.4, -0.2) is 16.1 Å². The molecule has 0 aromatic carbocycles. The van der Waals surface area contributed by atoms with Gasteiger partial charge in [-0.05, 0) is 122 Å². The number of allylic oxidation sites excluding steroid dienone is 2. The van der Waals surface area contributed by atoms with Crippen LogP contribution < -0.4 is 0 Å². The van der Waals surface area contributed by atoms with Crippen LogP contribution in [0.1, 0.15) is 77.0 Å². The Bertz CT molecular complexity index is 736. The SMILES string of the molecule is C[Si](C)(C)C=CC12CC3CC(C1)CC(C14CC5CC(CC(C=C[Si](C)(C)C)(C5)C1)C4)(C3)C2. The van der Waals surface area contributed by atoms with E-state index in [9.17, 15) is 0 Å². The quantitative estimate of drug-likeness (QED) is 0.354. The van der Waals surface area contributed by atoms with Gasteiger partial charge >= 0.3 is 0 Å². The first-order valence-corrected chi connectivity index (χ1v) is 21.4. The molecule has 8 aliphatic carbocycles. The number of rotatable bonds is 5. The molecule has 8 saturated carbocycles. The minimum atomic E-state index is -1.13. The molecule has 0 amide bonds. The lowest BCUT2D eigenvalue weighted by atomic mass is 9.31. The normalized spacial score (nSPS) is 52.1. The van der Waals surface area contributed by atoms with Gasteiger partial charge in [-0.15, -0.1) is 0 Å². The molecule has 0 aromatic heterocycles. The third kappa shape index (κ3) is 3.64. The van der Waals surface area contributed by atoms with Gasteiger partial charge in [0.25, 0.3) is 0 Å². The van der Waals surface area contributed by atoms with E-state index in [0.717, 1.165) is 23.7 Å².